The predicted octanol–water partition coefficient (Wildman–Crippen LogP) is 0.497. The van der Waals surface area contributed by atoms with Gasteiger partial charge in [0.25, 0.3) is 5.91 Å². The van der Waals surface area contributed by atoms with Crippen molar-refractivity contribution in [3.05, 3.63) is 29.6 Å². The summed E-state index contributed by atoms with van der Waals surface area (Å²) in [5, 5.41) is 4.75. The molecule has 1 aromatic carbocycles. The number of halogens is 1. The van der Waals surface area contributed by atoms with Crippen LogP contribution in [0.3, 0.4) is 0 Å². The average molecular weight is 341 g/mol. The monoisotopic (exact) mass is 341 g/mol. The van der Waals surface area contributed by atoms with Crippen molar-refractivity contribution >= 4 is 22.0 Å². The first-order valence-electron chi connectivity index (χ1n) is 7.14. The van der Waals surface area contributed by atoms with E-state index in [4.69, 9.17) is 0 Å². The summed E-state index contributed by atoms with van der Waals surface area (Å²) in [4.78, 5) is 23.2. The average Bonchev–Trinajstić information content (AvgIpc) is 2.76. The van der Waals surface area contributed by atoms with Gasteiger partial charge in [-0.1, -0.05) is 0 Å². The molecule has 2 aliphatic rings. The largest absolute Gasteiger partial charge is 0.323 e. The van der Waals surface area contributed by atoms with Gasteiger partial charge in [-0.05, 0) is 43.5 Å². The van der Waals surface area contributed by atoms with E-state index in [2.05, 4.69) is 10.6 Å². The third kappa shape index (κ3) is 2.59. The highest BCUT2D eigenvalue weighted by Crippen LogP contribution is 2.29. The Labute approximate surface area is 132 Å². The van der Waals surface area contributed by atoms with Gasteiger partial charge < -0.3 is 5.32 Å². The van der Waals surface area contributed by atoms with Crippen molar-refractivity contribution in [1.82, 2.24) is 14.9 Å². The molecular formula is C14H16FN3O4S. The van der Waals surface area contributed by atoms with Gasteiger partial charge in [-0.25, -0.2) is 17.6 Å². The van der Waals surface area contributed by atoms with Crippen LogP contribution in [0, 0.1) is 12.7 Å². The Hall–Kier alpha value is -2.00. The van der Waals surface area contributed by atoms with Crippen LogP contribution in [0.4, 0.5) is 9.18 Å². The molecule has 2 saturated heterocycles. The van der Waals surface area contributed by atoms with Gasteiger partial charge in [0.15, 0.2) is 0 Å². The second kappa shape index (κ2) is 5.27. The normalized spacial score (nSPS) is 21.3. The van der Waals surface area contributed by atoms with Gasteiger partial charge in [-0.3, -0.25) is 10.1 Å². The van der Waals surface area contributed by atoms with Crippen LogP contribution >= 0.6 is 0 Å². The van der Waals surface area contributed by atoms with E-state index in [1.54, 1.807) is 0 Å². The SMILES string of the molecule is Cc1cc(S(=O)(=O)N2CCC3(CC2)NC(=O)NC3=O)ccc1F. The molecule has 0 saturated carbocycles. The Bertz CT molecular complexity index is 785. The Morgan fingerprint density at radius 1 is 1.22 bits per heavy atom. The van der Waals surface area contributed by atoms with Crippen LogP contribution in [-0.2, 0) is 14.8 Å². The summed E-state index contributed by atoms with van der Waals surface area (Å²) >= 11 is 0. The van der Waals surface area contributed by atoms with Gasteiger partial charge in [0, 0.05) is 13.1 Å². The Kier molecular flexibility index (Phi) is 3.64. The first-order chi connectivity index (χ1) is 10.7. The standard InChI is InChI=1S/C14H16FN3O4S/c1-9-8-10(2-3-11(9)15)23(21,22)18-6-4-14(5-7-18)12(19)16-13(20)17-14/h2-3,8H,4-7H2,1H3,(H2,16,17,19,20). The minimum Gasteiger partial charge on any atom is -0.323 e. The molecule has 0 unspecified atom stereocenters. The highest BCUT2D eigenvalue weighted by Gasteiger charge is 2.49. The van der Waals surface area contributed by atoms with Crippen LogP contribution in [0.1, 0.15) is 18.4 Å². The molecule has 2 fully saturated rings. The van der Waals surface area contributed by atoms with E-state index in [1.165, 1.54) is 23.4 Å². The van der Waals surface area contributed by atoms with E-state index in [9.17, 15) is 22.4 Å². The van der Waals surface area contributed by atoms with Gasteiger partial charge in [-0.15, -0.1) is 0 Å². The van der Waals surface area contributed by atoms with Crippen molar-refractivity contribution in [2.24, 2.45) is 0 Å². The third-order valence-corrected chi connectivity index (χ3v) is 6.25. The van der Waals surface area contributed by atoms with Crippen molar-refractivity contribution in [3.8, 4) is 0 Å². The number of carbonyl (C=O) groups excluding carboxylic acids is 2. The highest BCUT2D eigenvalue weighted by atomic mass is 32.2. The number of urea groups is 1. The van der Waals surface area contributed by atoms with Crippen molar-refractivity contribution in [2.75, 3.05) is 13.1 Å². The third-order valence-electron chi connectivity index (χ3n) is 4.36. The van der Waals surface area contributed by atoms with Crippen molar-refractivity contribution in [3.63, 3.8) is 0 Å². The van der Waals surface area contributed by atoms with E-state index in [0.29, 0.717) is 0 Å². The summed E-state index contributed by atoms with van der Waals surface area (Å²) in [7, 11) is -3.76. The molecule has 2 heterocycles. The number of aryl methyl sites for hydroxylation is 1. The lowest BCUT2D eigenvalue weighted by Crippen LogP contribution is -2.55. The molecule has 3 amide bonds. The number of rotatable bonds is 2. The van der Waals surface area contributed by atoms with Gasteiger partial charge in [-0.2, -0.15) is 4.31 Å². The van der Waals surface area contributed by atoms with Gasteiger partial charge in [0.2, 0.25) is 10.0 Å². The van der Waals surface area contributed by atoms with Crippen LogP contribution in [0.25, 0.3) is 0 Å². The lowest BCUT2D eigenvalue weighted by atomic mass is 9.89. The molecule has 9 heteroatoms. The lowest BCUT2D eigenvalue weighted by molar-refractivity contribution is -0.125. The molecule has 1 aromatic rings. The molecule has 2 aliphatic heterocycles. The number of benzene rings is 1. The maximum atomic E-state index is 13.3. The predicted molar refractivity (Wildman–Crippen MR) is 78.5 cm³/mol. The number of hydrogen-bond donors (Lipinski definition) is 2. The van der Waals surface area contributed by atoms with Crippen LogP contribution < -0.4 is 10.6 Å². The molecule has 2 N–H and O–H groups in total. The summed E-state index contributed by atoms with van der Waals surface area (Å²) < 4.78 is 39.8. The van der Waals surface area contributed by atoms with Crippen molar-refractivity contribution in [1.29, 1.82) is 0 Å². The number of carbonyl (C=O) groups is 2. The summed E-state index contributed by atoms with van der Waals surface area (Å²) in [6, 6.07) is 3.09. The molecule has 0 aromatic heterocycles. The molecule has 7 nitrogen and oxygen atoms in total. The molecule has 0 atom stereocenters. The fourth-order valence-corrected chi connectivity index (χ4v) is 4.44. The number of nitrogens with zero attached hydrogens (tertiary/aromatic N) is 1. The second-order valence-corrected chi connectivity index (χ2v) is 7.74. The summed E-state index contributed by atoms with van der Waals surface area (Å²) in [6.45, 7) is 1.71. The van der Waals surface area contributed by atoms with Crippen molar-refractivity contribution < 1.29 is 22.4 Å². The summed E-state index contributed by atoms with van der Waals surface area (Å²) in [6.07, 6.45) is 0.397. The Morgan fingerprint density at radius 3 is 2.39 bits per heavy atom. The maximum absolute atomic E-state index is 13.3. The highest BCUT2D eigenvalue weighted by molar-refractivity contribution is 7.89. The second-order valence-electron chi connectivity index (χ2n) is 5.81. The zero-order valence-corrected chi connectivity index (χ0v) is 13.2. The van der Waals surface area contributed by atoms with E-state index in [0.717, 1.165) is 6.07 Å². The van der Waals surface area contributed by atoms with Crippen LogP contribution in [0.15, 0.2) is 23.1 Å². The quantitative estimate of drug-likeness (QED) is 0.766. The molecular weight excluding hydrogens is 325 g/mol. The Morgan fingerprint density at radius 2 is 1.87 bits per heavy atom. The van der Waals surface area contributed by atoms with Gasteiger partial charge >= 0.3 is 6.03 Å². The number of hydrogen-bond acceptors (Lipinski definition) is 4. The minimum absolute atomic E-state index is 0.0206. The van der Waals surface area contributed by atoms with E-state index in [1.807, 2.05) is 0 Å². The number of sulfonamides is 1. The first kappa shape index (κ1) is 15.9. The van der Waals surface area contributed by atoms with Crippen LogP contribution in [0.2, 0.25) is 0 Å². The molecule has 23 heavy (non-hydrogen) atoms. The first-order valence-corrected chi connectivity index (χ1v) is 8.58. The number of piperidine rings is 1. The number of amides is 3. The maximum Gasteiger partial charge on any atom is 0.322 e. The molecule has 1 spiro atoms. The van der Waals surface area contributed by atoms with Gasteiger partial charge in [0.1, 0.15) is 11.4 Å². The fraction of sp³-hybridized carbons (Fsp3) is 0.429. The number of imide groups is 1. The van der Waals surface area contributed by atoms with Crippen molar-refractivity contribution in [2.45, 2.75) is 30.2 Å². The minimum atomic E-state index is -3.76. The van der Waals surface area contributed by atoms with Crippen LogP contribution in [-0.4, -0.2) is 43.3 Å². The smallest absolute Gasteiger partial charge is 0.322 e. The zero-order valence-electron chi connectivity index (χ0n) is 12.4. The van der Waals surface area contributed by atoms with Crippen LogP contribution in [0.5, 0.6) is 0 Å². The molecule has 0 radical (unpaired) electrons. The lowest BCUT2D eigenvalue weighted by Gasteiger charge is -2.36. The molecule has 124 valence electrons. The van der Waals surface area contributed by atoms with E-state index in [-0.39, 0.29) is 36.4 Å². The van der Waals surface area contributed by atoms with E-state index >= 15 is 0 Å². The Balaban J connectivity index is 1.80. The summed E-state index contributed by atoms with van der Waals surface area (Å²) in [5.41, 5.74) is -0.774. The number of nitrogens with one attached hydrogen (secondary N) is 2. The summed E-state index contributed by atoms with van der Waals surface area (Å²) in [5.74, 6) is -0.885. The fourth-order valence-electron chi connectivity index (χ4n) is 2.92. The molecule has 3 rings (SSSR count). The van der Waals surface area contributed by atoms with Gasteiger partial charge in [0.05, 0.1) is 4.90 Å². The van der Waals surface area contributed by atoms with E-state index < -0.39 is 33.3 Å². The topological polar surface area (TPSA) is 95.6 Å². The zero-order chi connectivity index (χ0) is 16.8. The molecule has 0 bridgehead atoms. The molecule has 0 aliphatic carbocycles.